The van der Waals surface area contributed by atoms with E-state index < -0.39 is 0 Å². The monoisotopic (exact) mass is 472 g/mol. The van der Waals surface area contributed by atoms with Crippen LogP contribution in [-0.4, -0.2) is 0 Å². The largest absolute Gasteiger partial charge is 0.455 e. The summed E-state index contributed by atoms with van der Waals surface area (Å²) in [6.45, 7) is 0. The zero-order chi connectivity index (χ0) is 24.7. The van der Waals surface area contributed by atoms with E-state index in [9.17, 15) is 0 Å². The number of nitrogens with two attached hydrogens (primary N) is 2. The predicted molar refractivity (Wildman–Crippen MR) is 147 cm³/mol. The van der Waals surface area contributed by atoms with Gasteiger partial charge in [0.15, 0.2) is 11.5 Å². The molecule has 4 nitrogen and oxygen atoms in total. The molecular weight excluding hydrogens is 444 g/mol. The van der Waals surface area contributed by atoms with Crippen LogP contribution in [0.4, 0.5) is 11.4 Å². The average Bonchev–Trinajstić information content (AvgIpc) is 2.90. The second-order valence-electron chi connectivity index (χ2n) is 8.74. The molecule has 4 heteroatoms. The van der Waals surface area contributed by atoms with Gasteiger partial charge in [-0.05, 0) is 83.6 Å². The third-order valence-corrected chi connectivity index (χ3v) is 5.94. The summed E-state index contributed by atoms with van der Waals surface area (Å²) in [4.78, 5) is 0. The molecule has 0 atom stereocenters. The number of nitrogen functional groups attached to an aromatic ring is 2. The minimum absolute atomic E-state index is 0.622. The summed E-state index contributed by atoms with van der Waals surface area (Å²) < 4.78 is 12.0. The molecule has 0 aliphatic carbocycles. The lowest BCUT2D eigenvalue weighted by Crippen LogP contribution is -1.96. The van der Waals surface area contributed by atoms with Crippen LogP contribution >= 0.6 is 0 Å². The maximum atomic E-state index is 6.15. The van der Waals surface area contributed by atoms with E-state index in [2.05, 4.69) is 24.3 Å². The maximum Gasteiger partial charge on any atom is 0.150 e. The van der Waals surface area contributed by atoms with Crippen LogP contribution in [0.1, 0.15) is 22.3 Å². The highest BCUT2D eigenvalue weighted by Gasteiger charge is 2.07. The van der Waals surface area contributed by atoms with Crippen LogP contribution in [-0.2, 0) is 12.8 Å². The van der Waals surface area contributed by atoms with Gasteiger partial charge in [-0.3, -0.25) is 0 Å². The van der Waals surface area contributed by atoms with Crippen molar-refractivity contribution in [3.8, 4) is 23.0 Å². The molecule has 0 saturated heterocycles. The fraction of sp³-hybridized carbons (Fsp3) is 0.0625. The highest BCUT2D eigenvalue weighted by atomic mass is 16.5. The standard InChI is InChI=1S/C32H28N2O2/c33-29-17-15-25(21-31(29)35-27-7-3-1-4-8-27)19-23-11-13-24(14-12-23)20-26-16-18-30(34)32(22-26)36-28-9-5-2-6-10-28/h1-18,21-22H,19-20,33-34H2. The van der Waals surface area contributed by atoms with E-state index in [-0.39, 0.29) is 0 Å². The van der Waals surface area contributed by atoms with E-state index in [1.807, 2.05) is 97.1 Å². The SMILES string of the molecule is Nc1ccc(Cc2ccc(Cc3ccc(N)c(Oc4ccccc4)c3)cc2)cc1Oc1ccccc1. The van der Waals surface area contributed by atoms with Crippen LogP contribution in [0.2, 0.25) is 0 Å². The van der Waals surface area contributed by atoms with Gasteiger partial charge < -0.3 is 20.9 Å². The van der Waals surface area contributed by atoms with E-state index in [1.54, 1.807) is 0 Å². The summed E-state index contributed by atoms with van der Waals surface area (Å²) in [6.07, 6.45) is 1.59. The van der Waals surface area contributed by atoms with Crippen molar-refractivity contribution in [2.45, 2.75) is 12.8 Å². The molecule has 4 N–H and O–H groups in total. The third kappa shape index (κ3) is 5.86. The van der Waals surface area contributed by atoms with Crippen LogP contribution in [0.3, 0.4) is 0 Å². The first-order chi connectivity index (χ1) is 17.6. The average molecular weight is 473 g/mol. The molecule has 5 aromatic rings. The molecule has 0 aromatic heterocycles. The van der Waals surface area contributed by atoms with Gasteiger partial charge in [0.25, 0.3) is 0 Å². The van der Waals surface area contributed by atoms with Gasteiger partial charge in [-0.25, -0.2) is 0 Å². The van der Waals surface area contributed by atoms with Gasteiger partial charge in [0.1, 0.15) is 11.5 Å². The lowest BCUT2D eigenvalue weighted by molar-refractivity contribution is 0.484. The van der Waals surface area contributed by atoms with Crippen molar-refractivity contribution >= 4 is 11.4 Å². The first kappa shape index (κ1) is 23.1. The number of hydrogen-bond acceptors (Lipinski definition) is 4. The summed E-state index contributed by atoms with van der Waals surface area (Å²) in [7, 11) is 0. The first-order valence-electron chi connectivity index (χ1n) is 11.9. The van der Waals surface area contributed by atoms with Gasteiger partial charge in [-0.1, -0.05) is 72.8 Å². The van der Waals surface area contributed by atoms with Crippen LogP contribution in [0, 0.1) is 0 Å². The van der Waals surface area contributed by atoms with Gasteiger partial charge in [0, 0.05) is 0 Å². The fourth-order valence-corrected chi connectivity index (χ4v) is 4.03. The second-order valence-corrected chi connectivity index (χ2v) is 8.74. The van der Waals surface area contributed by atoms with Crippen molar-refractivity contribution in [3.05, 3.63) is 144 Å². The third-order valence-electron chi connectivity index (χ3n) is 5.94. The predicted octanol–water partition coefficient (Wildman–Crippen LogP) is 7.62. The molecule has 0 amide bonds. The molecule has 0 fully saturated rings. The fourth-order valence-electron chi connectivity index (χ4n) is 4.03. The molecule has 36 heavy (non-hydrogen) atoms. The van der Waals surface area contributed by atoms with E-state index in [1.165, 1.54) is 11.1 Å². The molecule has 0 radical (unpaired) electrons. The summed E-state index contributed by atoms with van der Waals surface area (Å²) in [5, 5.41) is 0. The highest BCUT2D eigenvalue weighted by molar-refractivity contribution is 5.57. The molecule has 0 aliphatic heterocycles. The number of para-hydroxylation sites is 2. The van der Waals surface area contributed by atoms with Crippen LogP contribution in [0.25, 0.3) is 0 Å². The smallest absolute Gasteiger partial charge is 0.150 e. The van der Waals surface area contributed by atoms with Crippen molar-refractivity contribution in [1.29, 1.82) is 0 Å². The van der Waals surface area contributed by atoms with Gasteiger partial charge in [0.2, 0.25) is 0 Å². The summed E-state index contributed by atoms with van der Waals surface area (Å²) in [6, 6.07) is 40.0. The molecule has 0 bridgehead atoms. The molecule has 0 saturated carbocycles. The Morgan fingerprint density at radius 1 is 0.417 bits per heavy atom. The lowest BCUT2D eigenvalue weighted by atomic mass is 9.99. The molecular formula is C32H28N2O2. The Bertz CT molecular complexity index is 1320. The zero-order valence-corrected chi connectivity index (χ0v) is 19.9. The van der Waals surface area contributed by atoms with Crippen molar-refractivity contribution in [2.24, 2.45) is 0 Å². The van der Waals surface area contributed by atoms with E-state index in [0.717, 1.165) is 35.5 Å². The number of benzene rings is 5. The molecule has 5 rings (SSSR count). The van der Waals surface area contributed by atoms with E-state index in [4.69, 9.17) is 20.9 Å². The van der Waals surface area contributed by atoms with Gasteiger partial charge in [-0.15, -0.1) is 0 Å². The lowest BCUT2D eigenvalue weighted by Gasteiger charge is -2.12. The summed E-state index contributed by atoms with van der Waals surface area (Å²) in [5.74, 6) is 2.88. The number of anilines is 2. The molecule has 178 valence electrons. The van der Waals surface area contributed by atoms with Crippen molar-refractivity contribution in [3.63, 3.8) is 0 Å². The molecule has 0 heterocycles. The van der Waals surface area contributed by atoms with Crippen molar-refractivity contribution < 1.29 is 9.47 Å². The number of rotatable bonds is 8. The Morgan fingerprint density at radius 3 is 1.17 bits per heavy atom. The summed E-state index contributed by atoms with van der Waals surface area (Å²) in [5.41, 5.74) is 18.3. The minimum Gasteiger partial charge on any atom is -0.455 e. The van der Waals surface area contributed by atoms with E-state index >= 15 is 0 Å². The summed E-state index contributed by atoms with van der Waals surface area (Å²) >= 11 is 0. The molecule has 0 unspecified atom stereocenters. The Kier molecular flexibility index (Phi) is 6.86. The van der Waals surface area contributed by atoms with Crippen molar-refractivity contribution in [2.75, 3.05) is 11.5 Å². The Balaban J connectivity index is 1.25. The Labute approximate surface area is 211 Å². The normalized spacial score (nSPS) is 10.7. The minimum atomic E-state index is 0.622. The first-order valence-corrected chi connectivity index (χ1v) is 11.9. The van der Waals surface area contributed by atoms with Crippen LogP contribution in [0.15, 0.2) is 121 Å². The number of ether oxygens (including phenoxy) is 2. The molecule has 0 spiro atoms. The van der Waals surface area contributed by atoms with E-state index in [0.29, 0.717) is 22.9 Å². The Morgan fingerprint density at radius 2 is 0.778 bits per heavy atom. The van der Waals surface area contributed by atoms with Crippen molar-refractivity contribution in [1.82, 2.24) is 0 Å². The van der Waals surface area contributed by atoms with Crippen LogP contribution in [0.5, 0.6) is 23.0 Å². The van der Waals surface area contributed by atoms with Crippen LogP contribution < -0.4 is 20.9 Å². The molecule has 5 aromatic carbocycles. The van der Waals surface area contributed by atoms with Gasteiger partial charge in [0.05, 0.1) is 11.4 Å². The van der Waals surface area contributed by atoms with Gasteiger partial charge in [-0.2, -0.15) is 0 Å². The zero-order valence-electron chi connectivity index (χ0n) is 19.9. The molecule has 0 aliphatic rings. The number of hydrogen-bond donors (Lipinski definition) is 2. The quantitative estimate of drug-likeness (QED) is 0.228. The Hall–Kier alpha value is -4.70. The maximum absolute atomic E-state index is 6.15. The second kappa shape index (κ2) is 10.7. The van der Waals surface area contributed by atoms with Gasteiger partial charge >= 0.3 is 0 Å². The topological polar surface area (TPSA) is 70.5 Å². The highest BCUT2D eigenvalue weighted by Crippen LogP contribution is 2.30.